The molecule has 146 valence electrons. The number of primary amides is 1. The number of carbonyl (C=O) groups excluding carboxylic acids is 1. The molecule has 0 saturated carbocycles. The van der Waals surface area contributed by atoms with Gasteiger partial charge in [0.2, 0.25) is 5.95 Å². The molecule has 6 N–H and O–H groups in total. The van der Waals surface area contributed by atoms with Gasteiger partial charge in [-0.15, -0.1) is 0 Å². The van der Waals surface area contributed by atoms with Crippen molar-refractivity contribution in [3.05, 3.63) is 48.4 Å². The van der Waals surface area contributed by atoms with E-state index in [9.17, 15) is 4.79 Å². The zero-order valence-electron chi connectivity index (χ0n) is 15.2. The van der Waals surface area contributed by atoms with Crippen molar-refractivity contribution in [2.45, 2.75) is 6.04 Å². The van der Waals surface area contributed by atoms with Gasteiger partial charge in [-0.25, -0.2) is 4.98 Å². The van der Waals surface area contributed by atoms with E-state index in [1.165, 1.54) is 11.0 Å². The highest BCUT2D eigenvalue weighted by atomic mass is 16.5. The number of carbonyl (C=O) groups is 1. The molecule has 1 unspecified atom stereocenters. The first-order valence-electron chi connectivity index (χ1n) is 8.47. The number of amides is 1. The highest BCUT2D eigenvalue weighted by Crippen LogP contribution is 2.21. The molecule has 0 saturated heterocycles. The monoisotopic (exact) mass is 383 g/mol. The van der Waals surface area contributed by atoms with Crippen molar-refractivity contribution in [3.8, 4) is 5.69 Å². The maximum atomic E-state index is 11.8. The maximum Gasteiger partial charge on any atom is 0.254 e. The van der Waals surface area contributed by atoms with E-state index in [1.807, 2.05) is 24.3 Å². The van der Waals surface area contributed by atoms with E-state index < -0.39 is 5.91 Å². The molecule has 11 nitrogen and oxygen atoms in total. The Morgan fingerprint density at radius 3 is 2.79 bits per heavy atom. The summed E-state index contributed by atoms with van der Waals surface area (Å²) in [5.41, 5.74) is 12.7. The fourth-order valence-electron chi connectivity index (χ4n) is 2.47. The minimum Gasteiger partial charge on any atom is -0.383 e. The van der Waals surface area contributed by atoms with Crippen LogP contribution < -0.4 is 22.1 Å². The van der Waals surface area contributed by atoms with Crippen LogP contribution in [-0.4, -0.2) is 57.2 Å². The van der Waals surface area contributed by atoms with Gasteiger partial charge in [0.05, 0.1) is 30.7 Å². The first kappa shape index (κ1) is 19.2. The summed E-state index contributed by atoms with van der Waals surface area (Å²) < 4.78 is 5.10. The molecule has 0 aliphatic carbocycles. The van der Waals surface area contributed by atoms with Gasteiger partial charge in [0, 0.05) is 25.5 Å². The summed E-state index contributed by atoms with van der Waals surface area (Å²) in [5, 5.41) is 14.4. The first-order chi connectivity index (χ1) is 13.6. The Hall–Kier alpha value is -3.57. The Morgan fingerprint density at radius 2 is 2.11 bits per heavy atom. The molecular formula is C17H21N9O2. The Kier molecular flexibility index (Phi) is 6.09. The van der Waals surface area contributed by atoms with Crippen LogP contribution in [0.2, 0.25) is 0 Å². The second-order valence-electron chi connectivity index (χ2n) is 5.85. The Labute approximate surface area is 161 Å². The van der Waals surface area contributed by atoms with Crippen molar-refractivity contribution in [2.75, 3.05) is 30.9 Å². The minimum atomic E-state index is -0.647. The number of hydrogen-bond acceptors (Lipinski definition) is 9. The number of rotatable bonds is 9. The number of ether oxygens (including phenoxy) is 1. The number of nitrogens with one attached hydrogen (secondary N) is 2. The Balaban J connectivity index is 1.88. The number of nitrogens with zero attached hydrogens (tertiary/aromatic N) is 5. The summed E-state index contributed by atoms with van der Waals surface area (Å²) >= 11 is 0. The molecule has 2 aromatic heterocycles. The summed E-state index contributed by atoms with van der Waals surface area (Å²) in [6.07, 6.45) is 4.53. The summed E-state index contributed by atoms with van der Waals surface area (Å²) in [5.74, 6) is -0.0834. The lowest BCUT2D eigenvalue weighted by Gasteiger charge is -2.17. The molecule has 3 aromatic rings. The number of nitrogens with two attached hydrogens (primary N) is 2. The molecular weight excluding hydrogens is 362 g/mol. The first-order valence-corrected chi connectivity index (χ1v) is 8.47. The summed E-state index contributed by atoms with van der Waals surface area (Å²) in [6, 6.07) is 7.14. The summed E-state index contributed by atoms with van der Waals surface area (Å²) in [4.78, 5) is 21.8. The van der Waals surface area contributed by atoms with Crippen molar-refractivity contribution in [1.82, 2.24) is 25.0 Å². The fourth-order valence-corrected chi connectivity index (χ4v) is 2.47. The molecule has 0 radical (unpaired) electrons. The van der Waals surface area contributed by atoms with Crippen LogP contribution in [0.25, 0.3) is 5.69 Å². The second kappa shape index (κ2) is 8.88. The molecule has 11 heteroatoms. The lowest BCUT2D eigenvalue weighted by molar-refractivity contribution is 0.100. The van der Waals surface area contributed by atoms with Crippen molar-refractivity contribution < 1.29 is 9.53 Å². The molecule has 0 aliphatic heterocycles. The predicted octanol–water partition coefficient (Wildman–Crippen LogP) is 0.285. The number of anilines is 3. The third-order valence-electron chi connectivity index (χ3n) is 3.80. The molecule has 0 bridgehead atoms. The van der Waals surface area contributed by atoms with Gasteiger partial charge >= 0.3 is 0 Å². The average Bonchev–Trinajstić information content (AvgIpc) is 3.23. The molecule has 0 aliphatic rings. The number of benzene rings is 1. The van der Waals surface area contributed by atoms with Gasteiger partial charge in [-0.05, 0) is 18.2 Å². The van der Waals surface area contributed by atoms with Gasteiger partial charge < -0.3 is 26.8 Å². The lowest BCUT2D eigenvalue weighted by atomic mass is 10.2. The third-order valence-corrected chi connectivity index (χ3v) is 3.80. The van der Waals surface area contributed by atoms with Gasteiger partial charge in [-0.1, -0.05) is 6.07 Å². The highest BCUT2D eigenvalue weighted by Gasteiger charge is 2.15. The largest absolute Gasteiger partial charge is 0.383 e. The number of methoxy groups -OCH3 is 1. The predicted molar refractivity (Wildman–Crippen MR) is 104 cm³/mol. The van der Waals surface area contributed by atoms with E-state index in [0.29, 0.717) is 24.8 Å². The van der Waals surface area contributed by atoms with E-state index in [-0.39, 0.29) is 17.4 Å². The van der Waals surface area contributed by atoms with E-state index in [0.717, 1.165) is 5.69 Å². The molecule has 0 fully saturated rings. The summed E-state index contributed by atoms with van der Waals surface area (Å²) in [6.45, 7) is 0.718. The Morgan fingerprint density at radius 1 is 1.32 bits per heavy atom. The van der Waals surface area contributed by atoms with Gasteiger partial charge in [-0.2, -0.15) is 20.0 Å². The van der Waals surface area contributed by atoms with E-state index >= 15 is 0 Å². The van der Waals surface area contributed by atoms with Crippen LogP contribution in [0, 0.1) is 0 Å². The summed E-state index contributed by atoms with van der Waals surface area (Å²) in [7, 11) is 1.58. The van der Waals surface area contributed by atoms with E-state index in [2.05, 4.69) is 30.8 Å². The van der Waals surface area contributed by atoms with Crippen LogP contribution in [0.5, 0.6) is 0 Å². The van der Waals surface area contributed by atoms with Gasteiger partial charge in [-0.3, -0.25) is 4.79 Å². The quantitative estimate of drug-likeness (QED) is 0.407. The van der Waals surface area contributed by atoms with Gasteiger partial charge in [0.1, 0.15) is 11.4 Å². The van der Waals surface area contributed by atoms with Crippen molar-refractivity contribution in [2.24, 2.45) is 11.5 Å². The smallest absolute Gasteiger partial charge is 0.254 e. The lowest BCUT2D eigenvalue weighted by Crippen LogP contribution is -2.34. The van der Waals surface area contributed by atoms with Crippen LogP contribution in [0.15, 0.2) is 42.9 Å². The Bertz CT molecular complexity index is 930. The maximum absolute atomic E-state index is 11.8. The molecule has 1 aromatic carbocycles. The highest BCUT2D eigenvalue weighted by molar-refractivity contribution is 5.98. The molecule has 1 atom stereocenters. The zero-order valence-corrected chi connectivity index (χ0v) is 15.2. The van der Waals surface area contributed by atoms with Gasteiger partial charge in [0.15, 0.2) is 0 Å². The zero-order chi connectivity index (χ0) is 19.9. The topological polar surface area (TPSA) is 159 Å². The van der Waals surface area contributed by atoms with Crippen molar-refractivity contribution in [3.63, 3.8) is 0 Å². The van der Waals surface area contributed by atoms with Crippen LogP contribution in [0.3, 0.4) is 0 Å². The SMILES string of the molecule is COCC(CN)Nc1ncc(C(N)=O)c(Nc2cccc(-n3nccn3)c2)n1. The molecule has 0 spiro atoms. The van der Waals surface area contributed by atoms with Crippen LogP contribution in [-0.2, 0) is 4.74 Å². The molecule has 3 rings (SSSR count). The average molecular weight is 383 g/mol. The van der Waals surface area contributed by atoms with Crippen molar-refractivity contribution in [1.29, 1.82) is 0 Å². The standard InChI is InChI=1S/C17H21N9O2/c1-28-10-12(8-18)24-17-20-9-14(15(19)27)16(25-17)23-11-3-2-4-13(7-11)26-21-5-6-22-26/h2-7,9,12H,8,10,18H2,1H3,(H2,19,27)(H2,20,23,24,25). The fraction of sp³-hybridized carbons (Fsp3) is 0.235. The second-order valence-corrected chi connectivity index (χ2v) is 5.85. The van der Waals surface area contributed by atoms with E-state index in [4.69, 9.17) is 16.2 Å². The number of aromatic nitrogens is 5. The minimum absolute atomic E-state index is 0.157. The van der Waals surface area contributed by atoms with E-state index in [1.54, 1.807) is 19.5 Å². The molecule has 2 heterocycles. The van der Waals surface area contributed by atoms with Gasteiger partial charge in [0.25, 0.3) is 5.91 Å². The normalized spacial score (nSPS) is 11.8. The van der Waals surface area contributed by atoms with Crippen LogP contribution in [0.4, 0.5) is 17.5 Å². The number of hydrogen-bond donors (Lipinski definition) is 4. The van der Waals surface area contributed by atoms with Crippen molar-refractivity contribution >= 4 is 23.4 Å². The molecule has 28 heavy (non-hydrogen) atoms. The molecule has 1 amide bonds. The van der Waals surface area contributed by atoms with Crippen LogP contribution >= 0.6 is 0 Å². The van der Waals surface area contributed by atoms with Crippen LogP contribution in [0.1, 0.15) is 10.4 Å². The third kappa shape index (κ3) is 4.58.